The van der Waals surface area contributed by atoms with Crippen molar-refractivity contribution in [1.29, 1.82) is 0 Å². The number of amides is 1. The molecule has 8 nitrogen and oxygen atoms in total. The highest BCUT2D eigenvalue weighted by atomic mass is 16.4. The summed E-state index contributed by atoms with van der Waals surface area (Å²) in [6, 6.07) is 4.50. The summed E-state index contributed by atoms with van der Waals surface area (Å²) in [6.07, 6.45) is 1.60. The van der Waals surface area contributed by atoms with Crippen molar-refractivity contribution in [3.8, 4) is 0 Å². The predicted molar refractivity (Wildman–Crippen MR) is 74.7 cm³/mol. The molecule has 0 unspecified atom stereocenters. The van der Waals surface area contributed by atoms with E-state index < -0.39 is 5.97 Å². The third kappa shape index (κ3) is 3.63. The van der Waals surface area contributed by atoms with Crippen molar-refractivity contribution < 1.29 is 14.7 Å². The van der Waals surface area contributed by atoms with E-state index in [4.69, 9.17) is 10.8 Å². The fourth-order valence-corrected chi connectivity index (χ4v) is 1.78. The molecule has 1 aromatic heterocycles. The first-order valence-electron chi connectivity index (χ1n) is 6.22. The highest BCUT2D eigenvalue weighted by molar-refractivity contribution is 5.93. The maximum absolute atomic E-state index is 11.9. The van der Waals surface area contributed by atoms with E-state index in [-0.39, 0.29) is 24.6 Å². The van der Waals surface area contributed by atoms with Gasteiger partial charge in [-0.05, 0) is 30.7 Å². The van der Waals surface area contributed by atoms with Crippen molar-refractivity contribution in [2.45, 2.75) is 20.0 Å². The largest absolute Gasteiger partial charge is 0.478 e. The standard InChI is InChI=1S/C13H15N5O3/c1-8-4-9(13(20)21)2-3-11(8)15-12(19)7-18-6-10(5-14)16-17-18/h2-4,6H,5,7,14H2,1H3,(H,15,19)(H,20,21). The SMILES string of the molecule is Cc1cc(C(=O)O)ccc1NC(=O)Cn1cc(CN)nn1. The number of carbonyl (C=O) groups is 2. The number of aromatic carboxylic acids is 1. The van der Waals surface area contributed by atoms with Gasteiger partial charge in [0.15, 0.2) is 0 Å². The first-order valence-corrected chi connectivity index (χ1v) is 6.22. The van der Waals surface area contributed by atoms with Crippen molar-refractivity contribution in [3.63, 3.8) is 0 Å². The van der Waals surface area contributed by atoms with Crippen molar-refractivity contribution in [2.75, 3.05) is 5.32 Å². The van der Waals surface area contributed by atoms with E-state index in [0.717, 1.165) is 0 Å². The van der Waals surface area contributed by atoms with Gasteiger partial charge in [0.1, 0.15) is 6.54 Å². The molecular weight excluding hydrogens is 274 g/mol. The minimum atomic E-state index is -1.01. The second-order valence-electron chi connectivity index (χ2n) is 4.49. The number of hydrogen-bond acceptors (Lipinski definition) is 5. The van der Waals surface area contributed by atoms with Gasteiger partial charge in [0.05, 0.1) is 17.5 Å². The van der Waals surface area contributed by atoms with Gasteiger partial charge in [-0.1, -0.05) is 5.21 Å². The fraction of sp³-hybridized carbons (Fsp3) is 0.231. The number of rotatable bonds is 5. The number of nitrogens with zero attached hydrogens (tertiary/aromatic N) is 3. The Bertz CT molecular complexity index is 680. The lowest BCUT2D eigenvalue weighted by Crippen LogP contribution is -2.19. The third-order valence-corrected chi connectivity index (χ3v) is 2.85. The van der Waals surface area contributed by atoms with Crippen LogP contribution in [0.1, 0.15) is 21.6 Å². The summed E-state index contributed by atoms with van der Waals surface area (Å²) in [4.78, 5) is 22.7. The van der Waals surface area contributed by atoms with Crippen LogP contribution in [-0.2, 0) is 17.9 Å². The van der Waals surface area contributed by atoms with E-state index in [1.807, 2.05) is 0 Å². The number of hydrogen-bond donors (Lipinski definition) is 3. The van der Waals surface area contributed by atoms with Gasteiger partial charge in [0.2, 0.25) is 5.91 Å². The summed E-state index contributed by atoms with van der Waals surface area (Å²) in [5.41, 5.74) is 7.42. The maximum atomic E-state index is 11.9. The zero-order valence-corrected chi connectivity index (χ0v) is 11.4. The molecule has 21 heavy (non-hydrogen) atoms. The number of carboxylic acids is 1. The van der Waals surface area contributed by atoms with Gasteiger partial charge in [0, 0.05) is 12.2 Å². The molecule has 0 atom stereocenters. The molecule has 0 fully saturated rings. The molecule has 110 valence electrons. The van der Waals surface area contributed by atoms with E-state index in [2.05, 4.69) is 15.6 Å². The number of carbonyl (C=O) groups excluding carboxylic acids is 1. The van der Waals surface area contributed by atoms with Crippen molar-refractivity contribution in [2.24, 2.45) is 5.73 Å². The molecule has 8 heteroatoms. The number of nitrogens with two attached hydrogens (primary N) is 1. The van der Waals surface area contributed by atoms with Gasteiger partial charge in [0.25, 0.3) is 0 Å². The Balaban J connectivity index is 2.04. The number of nitrogens with one attached hydrogen (secondary N) is 1. The number of anilines is 1. The monoisotopic (exact) mass is 289 g/mol. The molecule has 2 aromatic rings. The number of carboxylic acid groups (broad SMARTS) is 1. The maximum Gasteiger partial charge on any atom is 0.335 e. The second-order valence-corrected chi connectivity index (χ2v) is 4.49. The Labute approximate surface area is 120 Å². The molecule has 0 aliphatic carbocycles. The average molecular weight is 289 g/mol. The molecule has 0 radical (unpaired) electrons. The van der Waals surface area contributed by atoms with E-state index in [0.29, 0.717) is 16.9 Å². The fourth-order valence-electron chi connectivity index (χ4n) is 1.78. The van der Waals surface area contributed by atoms with E-state index >= 15 is 0 Å². The molecule has 0 saturated heterocycles. The Hall–Kier alpha value is -2.74. The Morgan fingerprint density at radius 2 is 2.19 bits per heavy atom. The second kappa shape index (κ2) is 6.14. The van der Waals surface area contributed by atoms with Crippen molar-refractivity contribution in [1.82, 2.24) is 15.0 Å². The van der Waals surface area contributed by atoms with Crippen LogP contribution < -0.4 is 11.1 Å². The van der Waals surface area contributed by atoms with Crippen LogP contribution in [0.25, 0.3) is 0 Å². The molecule has 0 bridgehead atoms. The van der Waals surface area contributed by atoms with Crippen LogP contribution in [0.2, 0.25) is 0 Å². The molecule has 1 amide bonds. The number of aryl methyl sites for hydroxylation is 1. The molecule has 4 N–H and O–H groups in total. The Morgan fingerprint density at radius 3 is 2.76 bits per heavy atom. The van der Waals surface area contributed by atoms with E-state index in [1.54, 1.807) is 19.2 Å². The summed E-state index contributed by atoms with van der Waals surface area (Å²) in [5, 5.41) is 19.1. The van der Waals surface area contributed by atoms with Gasteiger partial charge in [-0.15, -0.1) is 5.10 Å². The lowest BCUT2D eigenvalue weighted by Gasteiger charge is -2.09. The summed E-state index contributed by atoms with van der Waals surface area (Å²) in [6.45, 7) is 1.99. The van der Waals surface area contributed by atoms with Gasteiger partial charge in [-0.25, -0.2) is 9.48 Å². The quantitative estimate of drug-likeness (QED) is 0.731. The molecule has 0 spiro atoms. The lowest BCUT2D eigenvalue weighted by atomic mass is 10.1. The van der Waals surface area contributed by atoms with Crippen LogP contribution in [-0.4, -0.2) is 32.0 Å². The molecule has 0 aliphatic heterocycles. The van der Waals surface area contributed by atoms with E-state index in [1.165, 1.54) is 16.8 Å². The smallest absolute Gasteiger partial charge is 0.335 e. The van der Waals surface area contributed by atoms with Gasteiger partial charge in [-0.2, -0.15) is 0 Å². The minimum absolute atomic E-state index is 0.00707. The highest BCUT2D eigenvalue weighted by Gasteiger charge is 2.10. The van der Waals surface area contributed by atoms with Crippen molar-refractivity contribution in [3.05, 3.63) is 41.2 Å². The number of aromatic nitrogens is 3. The summed E-state index contributed by atoms with van der Waals surface area (Å²) in [7, 11) is 0. The highest BCUT2D eigenvalue weighted by Crippen LogP contribution is 2.16. The first-order chi connectivity index (χ1) is 9.99. The van der Waals surface area contributed by atoms with Crippen LogP contribution in [0.4, 0.5) is 5.69 Å². The van der Waals surface area contributed by atoms with Crippen LogP contribution in [0, 0.1) is 6.92 Å². The molecule has 0 saturated carbocycles. The molecule has 1 heterocycles. The predicted octanol–water partition coefficient (Wildman–Crippen LogP) is 0.382. The summed E-state index contributed by atoms with van der Waals surface area (Å²) in [5.74, 6) is -1.29. The van der Waals surface area contributed by atoms with Crippen LogP contribution in [0.3, 0.4) is 0 Å². The normalized spacial score (nSPS) is 10.4. The van der Waals surface area contributed by atoms with Crippen LogP contribution in [0.5, 0.6) is 0 Å². The Morgan fingerprint density at radius 1 is 1.43 bits per heavy atom. The summed E-state index contributed by atoms with van der Waals surface area (Å²) < 4.78 is 1.39. The molecule has 0 aliphatic rings. The zero-order chi connectivity index (χ0) is 15.4. The Kier molecular flexibility index (Phi) is 4.29. The van der Waals surface area contributed by atoms with Crippen LogP contribution in [0.15, 0.2) is 24.4 Å². The lowest BCUT2D eigenvalue weighted by molar-refractivity contribution is -0.116. The topological polar surface area (TPSA) is 123 Å². The average Bonchev–Trinajstić information content (AvgIpc) is 2.88. The molecule has 2 rings (SSSR count). The summed E-state index contributed by atoms with van der Waals surface area (Å²) >= 11 is 0. The first kappa shape index (κ1) is 14.7. The zero-order valence-electron chi connectivity index (χ0n) is 11.4. The van der Waals surface area contributed by atoms with Crippen molar-refractivity contribution >= 4 is 17.6 Å². The van der Waals surface area contributed by atoms with Gasteiger partial charge >= 0.3 is 5.97 Å². The van der Waals surface area contributed by atoms with Gasteiger partial charge in [-0.3, -0.25) is 4.79 Å². The minimum Gasteiger partial charge on any atom is -0.478 e. The van der Waals surface area contributed by atoms with Gasteiger partial charge < -0.3 is 16.2 Å². The third-order valence-electron chi connectivity index (χ3n) is 2.85. The number of benzene rings is 1. The molecular formula is C13H15N5O3. The molecule has 1 aromatic carbocycles. The van der Waals surface area contributed by atoms with Crippen LogP contribution >= 0.6 is 0 Å². The van der Waals surface area contributed by atoms with E-state index in [9.17, 15) is 9.59 Å².